The van der Waals surface area contributed by atoms with Crippen molar-refractivity contribution in [2.45, 2.75) is 65.0 Å². The van der Waals surface area contributed by atoms with Crippen molar-refractivity contribution < 1.29 is 4.74 Å². The molecular weight excluding hydrogens is 210 g/mol. The van der Waals surface area contributed by atoms with E-state index in [2.05, 4.69) is 26.1 Å². The number of rotatable bonds is 6. The van der Waals surface area contributed by atoms with E-state index in [0.717, 1.165) is 30.9 Å². The summed E-state index contributed by atoms with van der Waals surface area (Å²) in [5, 5.41) is 3.58. The third-order valence-electron chi connectivity index (χ3n) is 4.80. The number of ether oxygens (including phenoxy) is 1. The molecule has 100 valence electrons. The molecule has 2 nitrogen and oxygen atoms in total. The van der Waals surface area contributed by atoms with Crippen molar-refractivity contribution >= 4 is 0 Å². The minimum absolute atomic E-state index is 0.527. The lowest BCUT2D eigenvalue weighted by Crippen LogP contribution is -2.33. The minimum Gasteiger partial charge on any atom is -0.377 e. The van der Waals surface area contributed by atoms with Crippen LogP contribution in [0.2, 0.25) is 0 Å². The van der Waals surface area contributed by atoms with Crippen LogP contribution in [-0.2, 0) is 4.74 Å². The van der Waals surface area contributed by atoms with Gasteiger partial charge in [-0.15, -0.1) is 0 Å². The Morgan fingerprint density at radius 3 is 2.53 bits per heavy atom. The normalized spacial score (nSPS) is 35.8. The topological polar surface area (TPSA) is 21.3 Å². The van der Waals surface area contributed by atoms with E-state index < -0.39 is 0 Å². The van der Waals surface area contributed by atoms with Crippen LogP contribution >= 0.6 is 0 Å². The van der Waals surface area contributed by atoms with Crippen LogP contribution < -0.4 is 5.32 Å². The zero-order chi connectivity index (χ0) is 12.3. The summed E-state index contributed by atoms with van der Waals surface area (Å²) in [5.74, 6) is 2.68. The Labute approximate surface area is 107 Å². The standard InChI is InChI=1S/C15H29NO/c1-11-4-7-15(10-12(11)2)17-9-8-16-13(3)14-5-6-14/h11-16H,4-10H2,1-3H3. The van der Waals surface area contributed by atoms with Crippen LogP contribution in [-0.4, -0.2) is 25.3 Å². The largest absolute Gasteiger partial charge is 0.377 e. The van der Waals surface area contributed by atoms with Gasteiger partial charge in [-0.2, -0.15) is 0 Å². The molecule has 0 bridgehead atoms. The highest BCUT2D eigenvalue weighted by Crippen LogP contribution is 2.32. The average molecular weight is 239 g/mol. The second kappa shape index (κ2) is 6.19. The van der Waals surface area contributed by atoms with E-state index in [4.69, 9.17) is 4.74 Å². The molecule has 17 heavy (non-hydrogen) atoms. The van der Waals surface area contributed by atoms with Crippen molar-refractivity contribution in [3.05, 3.63) is 0 Å². The first-order valence-corrected chi connectivity index (χ1v) is 7.51. The van der Waals surface area contributed by atoms with Gasteiger partial charge in [0.25, 0.3) is 0 Å². The van der Waals surface area contributed by atoms with Crippen LogP contribution in [0.1, 0.15) is 52.9 Å². The van der Waals surface area contributed by atoms with Crippen LogP contribution in [0.3, 0.4) is 0 Å². The summed E-state index contributed by atoms with van der Waals surface area (Å²) in [6, 6.07) is 0.698. The van der Waals surface area contributed by atoms with Gasteiger partial charge in [0.2, 0.25) is 0 Å². The lowest BCUT2D eigenvalue weighted by Gasteiger charge is -2.32. The Bertz CT molecular complexity index is 227. The first-order valence-electron chi connectivity index (χ1n) is 7.51. The number of hydrogen-bond donors (Lipinski definition) is 1. The van der Waals surface area contributed by atoms with Crippen LogP contribution in [0.25, 0.3) is 0 Å². The van der Waals surface area contributed by atoms with Crippen LogP contribution in [0.15, 0.2) is 0 Å². The van der Waals surface area contributed by atoms with Gasteiger partial charge in [-0.25, -0.2) is 0 Å². The van der Waals surface area contributed by atoms with Crippen LogP contribution in [0, 0.1) is 17.8 Å². The highest BCUT2D eigenvalue weighted by Gasteiger charge is 2.27. The molecule has 0 radical (unpaired) electrons. The maximum atomic E-state index is 5.99. The fourth-order valence-corrected chi connectivity index (χ4v) is 2.92. The van der Waals surface area contributed by atoms with Gasteiger partial charge in [-0.1, -0.05) is 13.8 Å². The summed E-state index contributed by atoms with van der Waals surface area (Å²) in [5.41, 5.74) is 0. The van der Waals surface area contributed by atoms with Crippen molar-refractivity contribution in [1.29, 1.82) is 0 Å². The molecule has 0 spiro atoms. The average Bonchev–Trinajstić information content (AvgIpc) is 3.13. The zero-order valence-electron chi connectivity index (χ0n) is 11.7. The van der Waals surface area contributed by atoms with Gasteiger partial charge in [0, 0.05) is 12.6 Å². The quantitative estimate of drug-likeness (QED) is 0.719. The van der Waals surface area contributed by atoms with Crippen LogP contribution in [0.5, 0.6) is 0 Å². The minimum atomic E-state index is 0.527. The molecule has 2 aliphatic carbocycles. The molecule has 1 N–H and O–H groups in total. The van der Waals surface area contributed by atoms with Crippen molar-refractivity contribution in [3.63, 3.8) is 0 Å². The lowest BCUT2D eigenvalue weighted by molar-refractivity contribution is 0.00359. The summed E-state index contributed by atoms with van der Waals surface area (Å²) >= 11 is 0. The molecule has 0 saturated heterocycles. The smallest absolute Gasteiger partial charge is 0.0594 e. The van der Waals surface area contributed by atoms with Gasteiger partial charge in [-0.05, 0) is 56.8 Å². The molecular formula is C15H29NO. The zero-order valence-corrected chi connectivity index (χ0v) is 11.7. The Morgan fingerprint density at radius 1 is 1.12 bits per heavy atom. The second-order valence-electron chi connectivity index (χ2n) is 6.34. The van der Waals surface area contributed by atoms with Gasteiger partial charge in [0.1, 0.15) is 0 Å². The molecule has 2 fully saturated rings. The highest BCUT2D eigenvalue weighted by atomic mass is 16.5. The monoisotopic (exact) mass is 239 g/mol. The van der Waals surface area contributed by atoms with E-state index in [1.165, 1.54) is 32.1 Å². The molecule has 0 aromatic rings. The van der Waals surface area contributed by atoms with E-state index in [9.17, 15) is 0 Å². The van der Waals surface area contributed by atoms with E-state index in [1.807, 2.05) is 0 Å². The van der Waals surface area contributed by atoms with E-state index >= 15 is 0 Å². The molecule has 2 saturated carbocycles. The number of nitrogens with one attached hydrogen (secondary N) is 1. The summed E-state index contributed by atoms with van der Waals surface area (Å²) in [7, 11) is 0. The van der Waals surface area contributed by atoms with E-state index in [1.54, 1.807) is 0 Å². The Hall–Kier alpha value is -0.0800. The van der Waals surface area contributed by atoms with Gasteiger partial charge >= 0.3 is 0 Å². The SMILES string of the molecule is CC1CCC(OCCNC(C)C2CC2)CC1C. The molecule has 2 aliphatic rings. The van der Waals surface area contributed by atoms with Gasteiger partial charge in [0.15, 0.2) is 0 Å². The predicted molar refractivity (Wildman–Crippen MR) is 72.1 cm³/mol. The summed E-state index contributed by atoms with van der Waals surface area (Å²) in [4.78, 5) is 0. The molecule has 4 unspecified atom stereocenters. The molecule has 0 aliphatic heterocycles. The molecule has 0 aromatic heterocycles. The molecule has 2 heteroatoms. The third-order valence-corrected chi connectivity index (χ3v) is 4.80. The number of hydrogen-bond acceptors (Lipinski definition) is 2. The third kappa shape index (κ3) is 4.26. The molecule has 4 atom stereocenters. The fraction of sp³-hybridized carbons (Fsp3) is 1.00. The van der Waals surface area contributed by atoms with Crippen molar-refractivity contribution in [3.8, 4) is 0 Å². The molecule has 0 aromatic carbocycles. The molecule has 0 heterocycles. The van der Waals surface area contributed by atoms with Crippen molar-refractivity contribution in [1.82, 2.24) is 5.32 Å². The summed E-state index contributed by atoms with van der Waals surface area (Å²) in [6.07, 6.45) is 7.25. The van der Waals surface area contributed by atoms with Crippen molar-refractivity contribution in [2.24, 2.45) is 17.8 Å². The Morgan fingerprint density at radius 2 is 1.88 bits per heavy atom. The van der Waals surface area contributed by atoms with E-state index in [0.29, 0.717) is 12.1 Å². The first-order chi connectivity index (χ1) is 8.16. The lowest BCUT2D eigenvalue weighted by atomic mass is 9.80. The first kappa shape index (κ1) is 13.4. The van der Waals surface area contributed by atoms with Gasteiger partial charge in [-0.3, -0.25) is 0 Å². The van der Waals surface area contributed by atoms with Crippen LogP contribution in [0.4, 0.5) is 0 Å². The van der Waals surface area contributed by atoms with E-state index in [-0.39, 0.29) is 0 Å². The summed E-state index contributed by atoms with van der Waals surface area (Å²) < 4.78 is 5.99. The highest BCUT2D eigenvalue weighted by molar-refractivity contribution is 4.83. The maximum Gasteiger partial charge on any atom is 0.0594 e. The second-order valence-corrected chi connectivity index (χ2v) is 6.34. The molecule has 0 amide bonds. The van der Waals surface area contributed by atoms with Gasteiger partial charge in [0.05, 0.1) is 12.7 Å². The fourth-order valence-electron chi connectivity index (χ4n) is 2.92. The maximum absolute atomic E-state index is 5.99. The molecule has 2 rings (SSSR count). The van der Waals surface area contributed by atoms with Gasteiger partial charge < -0.3 is 10.1 Å². The predicted octanol–water partition coefficient (Wildman–Crippen LogP) is 3.22. The Kier molecular flexibility index (Phi) is 4.87. The Balaban J connectivity index is 1.52. The summed E-state index contributed by atoms with van der Waals surface area (Å²) in [6.45, 7) is 8.97. The van der Waals surface area contributed by atoms with Crippen molar-refractivity contribution in [2.75, 3.05) is 13.2 Å².